The number of nitrogens with one attached hydrogen (secondary N) is 1. The summed E-state index contributed by atoms with van der Waals surface area (Å²) in [6, 6.07) is 13.9. The molecular formula is C15H18N2O3S. The molecule has 0 aliphatic rings. The Morgan fingerprint density at radius 2 is 1.81 bits per heavy atom. The van der Waals surface area contributed by atoms with E-state index < -0.39 is 10.0 Å². The Hall–Kier alpha value is -1.89. The first-order valence-electron chi connectivity index (χ1n) is 6.47. The first kappa shape index (κ1) is 15.5. The van der Waals surface area contributed by atoms with Crippen LogP contribution in [-0.4, -0.2) is 15.5 Å². The number of ether oxygens (including phenoxy) is 1. The topological polar surface area (TPSA) is 81.4 Å². The lowest BCUT2D eigenvalue weighted by atomic mass is 10.2. The van der Waals surface area contributed by atoms with Crippen molar-refractivity contribution < 1.29 is 13.2 Å². The van der Waals surface area contributed by atoms with Crippen molar-refractivity contribution in [2.24, 2.45) is 5.73 Å². The summed E-state index contributed by atoms with van der Waals surface area (Å²) >= 11 is 0. The molecule has 0 aliphatic heterocycles. The number of rotatable bonds is 6. The van der Waals surface area contributed by atoms with Gasteiger partial charge in [-0.05, 0) is 35.4 Å². The van der Waals surface area contributed by atoms with E-state index in [1.165, 1.54) is 0 Å². The van der Waals surface area contributed by atoms with Crippen LogP contribution in [0.1, 0.15) is 11.1 Å². The van der Waals surface area contributed by atoms with Gasteiger partial charge in [-0.1, -0.05) is 24.3 Å². The molecule has 0 fully saturated rings. The largest absolute Gasteiger partial charge is 0.497 e. The fraction of sp³-hybridized carbons (Fsp3) is 0.200. The molecule has 0 unspecified atom stereocenters. The molecule has 0 spiro atoms. The van der Waals surface area contributed by atoms with Gasteiger partial charge in [0.1, 0.15) is 5.75 Å². The van der Waals surface area contributed by atoms with Crippen molar-refractivity contribution in [2.75, 3.05) is 7.11 Å². The molecule has 21 heavy (non-hydrogen) atoms. The highest BCUT2D eigenvalue weighted by Gasteiger charge is 2.14. The highest BCUT2D eigenvalue weighted by atomic mass is 32.2. The van der Waals surface area contributed by atoms with Crippen LogP contribution in [0, 0.1) is 0 Å². The van der Waals surface area contributed by atoms with E-state index in [2.05, 4.69) is 4.72 Å². The highest BCUT2D eigenvalue weighted by Crippen LogP contribution is 2.15. The van der Waals surface area contributed by atoms with Gasteiger partial charge in [-0.15, -0.1) is 0 Å². The van der Waals surface area contributed by atoms with E-state index in [1.807, 2.05) is 18.2 Å². The van der Waals surface area contributed by atoms with Crippen molar-refractivity contribution in [1.82, 2.24) is 4.72 Å². The quantitative estimate of drug-likeness (QED) is 0.850. The number of sulfonamides is 1. The normalized spacial score (nSPS) is 11.3. The minimum Gasteiger partial charge on any atom is -0.497 e. The Labute approximate surface area is 124 Å². The van der Waals surface area contributed by atoms with Crippen LogP contribution in [0.15, 0.2) is 53.4 Å². The van der Waals surface area contributed by atoms with E-state index in [4.69, 9.17) is 10.5 Å². The van der Waals surface area contributed by atoms with Crippen molar-refractivity contribution in [1.29, 1.82) is 0 Å². The first-order valence-corrected chi connectivity index (χ1v) is 7.95. The standard InChI is InChI=1S/C15H18N2O3S/c1-20-14-6-2-5-13(8-14)11-17-21(18,19)15-7-3-4-12(9-15)10-16/h2-9,17H,10-11,16H2,1H3. The average molecular weight is 306 g/mol. The zero-order chi connectivity index (χ0) is 15.3. The SMILES string of the molecule is COc1cccc(CNS(=O)(=O)c2cccc(CN)c2)c1. The number of hydrogen-bond donors (Lipinski definition) is 2. The van der Waals surface area contributed by atoms with Gasteiger partial charge >= 0.3 is 0 Å². The van der Waals surface area contributed by atoms with Crippen molar-refractivity contribution >= 4 is 10.0 Å². The third-order valence-corrected chi connectivity index (χ3v) is 4.44. The molecule has 0 aromatic heterocycles. The van der Waals surface area contributed by atoms with E-state index in [0.717, 1.165) is 11.1 Å². The van der Waals surface area contributed by atoms with Crippen LogP contribution in [0.3, 0.4) is 0 Å². The lowest BCUT2D eigenvalue weighted by Crippen LogP contribution is -2.23. The van der Waals surface area contributed by atoms with Crippen LogP contribution in [0.4, 0.5) is 0 Å². The second-order valence-electron chi connectivity index (χ2n) is 4.53. The Morgan fingerprint density at radius 3 is 2.52 bits per heavy atom. The molecule has 2 aromatic carbocycles. The number of hydrogen-bond acceptors (Lipinski definition) is 4. The van der Waals surface area contributed by atoms with Gasteiger partial charge < -0.3 is 10.5 Å². The van der Waals surface area contributed by atoms with E-state index in [-0.39, 0.29) is 11.4 Å². The Kier molecular flexibility index (Phi) is 4.95. The van der Waals surface area contributed by atoms with Crippen LogP contribution >= 0.6 is 0 Å². The molecule has 0 saturated carbocycles. The van der Waals surface area contributed by atoms with Crippen LogP contribution in [0.2, 0.25) is 0 Å². The summed E-state index contributed by atoms with van der Waals surface area (Å²) in [5.74, 6) is 0.692. The summed E-state index contributed by atoms with van der Waals surface area (Å²) in [4.78, 5) is 0.216. The number of nitrogens with two attached hydrogens (primary N) is 1. The molecule has 0 radical (unpaired) electrons. The zero-order valence-corrected chi connectivity index (χ0v) is 12.6. The summed E-state index contributed by atoms with van der Waals surface area (Å²) in [7, 11) is -1.99. The molecular weight excluding hydrogens is 288 g/mol. The molecule has 0 heterocycles. The molecule has 5 nitrogen and oxygen atoms in total. The number of benzene rings is 2. The van der Waals surface area contributed by atoms with Gasteiger partial charge in [-0.2, -0.15) is 0 Å². The van der Waals surface area contributed by atoms with Gasteiger partial charge in [0.25, 0.3) is 0 Å². The van der Waals surface area contributed by atoms with Crippen molar-refractivity contribution in [3.05, 3.63) is 59.7 Å². The fourth-order valence-electron chi connectivity index (χ4n) is 1.88. The Morgan fingerprint density at radius 1 is 1.10 bits per heavy atom. The third-order valence-electron chi connectivity index (χ3n) is 3.04. The molecule has 0 saturated heterocycles. The van der Waals surface area contributed by atoms with Gasteiger partial charge in [-0.3, -0.25) is 0 Å². The lowest BCUT2D eigenvalue weighted by molar-refractivity contribution is 0.414. The minimum atomic E-state index is -3.56. The second-order valence-corrected chi connectivity index (χ2v) is 6.29. The van der Waals surface area contributed by atoms with Crippen molar-refractivity contribution in [3.8, 4) is 5.75 Å². The van der Waals surface area contributed by atoms with Crippen LogP contribution in [0.25, 0.3) is 0 Å². The average Bonchev–Trinajstić information content (AvgIpc) is 2.53. The molecule has 2 aromatic rings. The maximum Gasteiger partial charge on any atom is 0.240 e. The summed E-state index contributed by atoms with van der Waals surface area (Å²) in [6.07, 6.45) is 0. The zero-order valence-electron chi connectivity index (χ0n) is 11.7. The predicted octanol–water partition coefficient (Wildman–Crippen LogP) is 1.63. The molecule has 0 amide bonds. The van der Waals surface area contributed by atoms with Crippen LogP contribution < -0.4 is 15.2 Å². The van der Waals surface area contributed by atoms with Gasteiger partial charge in [0.05, 0.1) is 12.0 Å². The highest BCUT2D eigenvalue weighted by molar-refractivity contribution is 7.89. The fourth-order valence-corrected chi connectivity index (χ4v) is 2.97. The van der Waals surface area contributed by atoms with E-state index in [1.54, 1.807) is 37.4 Å². The van der Waals surface area contributed by atoms with Crippen molar-refractivity contribution in [2.45, 2.75) is 18.0 Å². The number of methoxy groups -OCH3 is 1. The Balaban J connectivity index is 2.13. The molecule has 0 aliphatic carbocycles. The van der Waals surface area contributed by atoms with Gasteiger partial charge in [0.2, 0.25) is 10.0 Å². The molecule has 112 valence electrons. The molecule has 3 N–H and O–H groups in total. The molecule has 2 rings (SSSR count). The minimum absolute atomic E-state index is 0.201. The lowest BCUT2D eigenvalue weighted by Gasteiger charge is -2.09. The van der Waals surface area contributed by atoms with E-state index in [9.17, 15) is 8.42 Å². The summed E-state index contributed by atoms with van der Waals surface area (Å²) in [5.41, 5.74) is 7.13. The van der Waals surface area contributed by atoms with Gasteiger partial charge in [-0.25, -0.2) is 13.1 Å². The van der Waals surface area contributed by atoms with Gasteiger partial charge in [0.15, 0.2) is 0 Å². The van der Waals surface area contributed by atoms with Crippen molar-refractivity contribution in [3.63, 3.8) is 0 Å². The maximum absolute atomic E-state index is 12.2. The monoisotopic (exact) mass is 306 g/mol. The molecule has 6 heteroatoms. The van der Waals surface area contributed by atoms with Crippen LogP contribution in [0.5, 0.6) is 5.75 Å². The summed E-state index contributed by atoms with van der Waals surface area (Å²) < 4.78 is 32.2. The Bertz CT molecular complexity index is 714. The van der Waals surface area contributed by atoms with E-state index >= 15 is 0 Å². The molecule has 0 bridgehead atoms. The summed E-state index contributed by atoms with van der Waals surface area (Å²) in [6.45, 7) is 0.506. The smallest absolute Gasteiger partial charge is 0.240 e. The second kappa shape index (κ2) is 6.71. The first-order chi connectivity index (χ1) is 10.0. The maximum atomic E-state index is 12.2. The third kappa shape index (κ3) is 4.04. The molecule has 0 atom stereocenters. The summed E-state index contributed by atoms with van der Waals surface area (Å²) in [5, 5.41) is 0. The predicted molar refractivity (Wildman–Crippen MR) is 81.4 cm³/mol. The van der Waals surface area contributed by atoms with Gasteiger partial charge in [0, 0.05) is 13.1 Å². The van der Waals surface area contributed by atoms with Crippen LogP contribution in [-0.2, 0) is 23.1 Å². The van der Waals surface area contributed by atoms with E-state index in [0.29, 0.717) is 12.3 Å².